The van der Waals surface area contributed by atoms with Gasteiger partial charge in [-0.3, -0.25) is 24.0 Å². The molecule has 5 atom stereocenters. The van der Waals surface area contributed by atoms with Crippen molar-refractivity contribution < 1.29 is 38.6 Å². The number of thiophene rings is 1. The summed E-state index contributed by atoms with van der Waals surface area (Å²) in [5.41, 5.74) is 4.19. The molecule has 2 aliphatic heterocycles. The van der Waals surface area contributed by atoms with E-state index in [2.05, 4.69) is 26.6 Å². The predicted molar refractivity (Wildman–Crippen MR) is 236 cm³/mol. The monoisotopic (exact) mass is 857 g/mol. The minimum Gasteiger partial charge on any atom is -0.484 e. The molecule has 1 aromatic heterocycles. The zero-order valence-electron chi connectivity index (χ0n) is 34.5. The van der Waals surface area contributed by atoms with Gasteiger partial charge in [-0.1, -0.05) is 117 Å². The van der Waals surface area contributed by atoms with Crippen LogP contribution >= 0.6 is 11.3 Å². The van der Waals surface area contributed by atoms with Crippen LogP contribution in [0.3, 0.4) is 0 Å². The van der Waals surface area contributed by atoms with Crippen molar-refractivity contribution in [2.75, 3.05) is 6.61 Å². The molecule has 0 saturated heterocycles. The Balaban J connectivity index is 1.35. The lowest BCUT2D eigenvalue weighted by atomic mass is 9.98. The summed E-state index contributed by atoms with van der Waals surface area (Å²) >= 11 is 1.42. The van der Waals surface area contributed by atoms with Gasteiger partial charge in [0.25, 0.3) is 5.91 Å². The number of amides is 5. The van der Waals surface area contributed by atoms with Crippen LogP contribution in [-0.4, -0.2) is 77.4 Å². The lowest BCUT2D eigenvalue weighted by Crippen LogP contribution is -2.60. The topological polar surface area (TPSA) is 192 Å². The van der Waals surface area contributed by atoms with Gasteiger partial charge in [0.05, 0.1) is 0 Å². The van der Waals surface area contributed by atoms with Crippen LogP contribution in [0, 0.1) is 5.92 Å². The number of nitrogens with one attached hydrogen (secondary N) is 5. The van der Waals surface area contributed by atoms with Crippen molar-refractivity contribution in [3.05, 3.63) is 148 Å². The molecule has 0 aliphatic carbocycles. The first-order chi connectivity index (χ1) is 29.9. The molecule has 14 heteroatoms. The summed E-state index contributed by atoms with van der Waals surface area (Å²) in [5.74, 6) is -4.60. The molecule has 62 heavy (non-hydrogen) atoms. The first-order valence-electron chi connectivity index (χ1n) is 20.6. The number of carbonyl (C=O) groups excluding carboxylic acids is 5. The van der Waals surface area contributed by atoms with Crippen LogP contribution in [0.1, 0.15) is 41.8 Å². The zero-order chi connectivity index (χ0) is 44.0. The predicted octanol–water partition coefficient (Wildman–Crippen LogP) is 4.63. The molecule has 3 heterocycles. The number of benzene rings is 4. The van der Waals surface area contributed by atoms with E-state index in [1.807, 2.05) is 102 Å². The fraction of sp³-hybridized carbons (Fsp3) is 0.292. The number of fused-ring (bicyclic) bond motifs is 16. The molecule has 0 radical (unpaired) electrons. The van der Waals surface area contributed by atoms with Gasteiger partial charge < -0.3 is 36.4 Å². The van der Waals surface area contributed by atoms with E-state index in [9.17, 15) is 33.9 Å². The molecule has 2 aliphatic rings. The molecular weight excluding hydrogens is 807 g/mol. The summed E-state index contributed by atoms with van der Waals surface area (Å²) in [7, 11) is 0. The maximum absolute atomic E-state index is 14.6. The van der Waals surface area contributed by atoms with Crippen LogP contribution in [0.15, 0.2) is 127 Å². The molecule has 6 N–H and O–H groups in total. The van der Waals surface area contributed by atoms with Gasteiger partial charge in [0, 0.05) is 24.1 Å². The summed E-state index contributed by atoms with van der Waals surface area (Å²) in [5, 5.41) is 25.7. The molecule has 0 saturated carbocycles. The van der Waals surface area contributed by atoms with Gasteiger partial charge in [0.15, 0.2) is 6.61 Å². The Kier molecular flexibility index (Phi) is 15.6. The Hall–Kier alpha value is -6.80. The molecule has 2 bridgehead atoms. The van der Waals surface area contributed by atoms with Gasteiger partial charge in [-0.2, -0.15) is 0 Å². The number of hydrogen-bond acceptors (Lipinski definition) is 8. The number of carboxylic acids is 1. The molecule has 5 aromatic rings. The van der Waals surface area contributed by atoms with Gasteiger partial charge >= 0.3 is 5.97 Å². The van der Waals surface area contributed by atoms with E-state index in [1.54, 1.807) is 38.1 Å². The van der Waals surface area contributed by atoms with Crippen molar-refractivity contribution in [2.24, 2.45) is 5.92 Å². The Morgan fingerprint density at radius 2 is 1.31 bits per heavy atom. The van der Waals surface area contributed by atoms with Crippen LogP contribution in [-0.2, 0) is 54.5 Å². The van der Waals surface area contributed by atoms with Crippen molar-refractivity contribution in [1.82, 2.24) is 26.6 Å². The second-order valence-electron chi connectivity index (χ2n) is 15.6. The van der Waals surface area contributed by atoms with Crippen molar-refractivity contribution in [1.29, 1.82) is 0 Å². The molecular formula is C48H51N5O8S. The molecule has 322 valence electrons. The van der Waals surface area contributed by atoms with E-state index in [4.69, 9.17) is 4.74 Å². The van der Waals surface area contributed by atoms with Crippen molar-refractivity contribution in [3.63, 3.8) is 0 Å². The van der Waals surface area contributed by atoms with Crippen LogP contribution in [0.2, 0.25) is 0 Å². The minimum atomic E-state index is -1.25. The molecule has 4 aromatic carbocycles. The van der Waals surface area contributed by atoms with Crippen LogP contribution in [0.25, 0.3) is 11.1 Å². The highest BCUT2D eigenvalue weighted by atomic mass is 32.1. The van der Waals surface area contributed by atoms with Crippen LogP contribution in [0.5, 0.6) is 5.75 Å². The summed E-state index contributed by atoms with van der Waals surface area (Å²) in [6.07, 6.45) is 0.640. The van der Waals surface area contributed by atoms with E-state index in [0.29, 0.717) is 17.7 Å². The number of carboxylic acid groups (broad SMARTS) is 1. The first kappa shape index (κ1) is 44.7. The number of ether oxygens (including phenoxy) is 1. The SMILES string of the molecule is CC(C)[C@H](NC(=O)[C@@H]1Cc2ccc(cc2)OCC(=O)N[C@@H](Cc2cccs2)C(=O)N[C@H](Cc2ccc(-c3ccccc3)cc2)C(=O)N[C@@H](CCc2ccccc2)C(=O)N1)C(=O)O. The lowest BCUT2D eigenvalue weighted by Gasteiger charge is -2.27. The maximum Gasteiger partial charge on any atom is 0.326 e. The summed E-state index contributed by atoms with van der Waals surface area (Å²) in [6.45, 7) is 2.91. The summed E-state index contributed by atoms with van der Waals surface area (Å²) in [6, 6.07) is 31.1. The molecule has 0 unspecified atom stereocenters. The second kappa shape index (κ2) is 21.6. The van der Waals surface area contributed by atoms with Gasteiger partial charge in [-0.15, -0.1) is 11.3 Å². The first-order valence-corrected chi connectivity index (χ1v) is 21.5. The van der Waals surface area contributed by atoms with E-state index >= 15 is 0 Å². The van der Waals surface area contributed by atoms with Gasteiger partial charge in [0.1, 0.15) is 36.0 Å². The fourth-order valence-corrected chi connectivity index (χ4v) is 7.86. The summed E-state index contributed by atoms with van der Waals surface area (Å²) < 4.78 is 5.77. The average Bonchev–Trinajstić information content (AvgIpc) is 3.79. The smallest absolute Gasteiger partial charge is 0.326 e. The number of carbonyl (C=O) groups is 6. The zero-order valence-corrected chi connectivity index (χ0v) is 35.4. The van der Waals surface area contributed by atoms with E-state index < -0.39 is 78.2 Å². The highest BCUT2D eigenvalue weighted by Crippen LogP contribution is 2.21. The average molecular weight is 858 g/mol. The molecule has 13 nitrogen and oxygen atoms in total. The number of hydrogen-bond donors (Lipinski definition) is 6. The van der Waals surface area contributed by atoms with E-state index in [-0.39, 0.29) is 25.7 Å². The summed E-state index contributed by atoms with van der Waals surface area (Å²) in [4.78, 5) is 83.4. The minimum absolute atomic E-state index is 0.0350. The maximum atomic E-state index is 14.6. The number of aliphatic carboxylic acids is 1. The highest BCUT2D eigenvalue weighted by molar-refractivity contribution is 7.09. The van der Waals surface area contributed by atoms with Gasteiger partial charge in [-0.25, -0.2) is 4.79 Å². The Morgan fingerprint density at radius 3 is 1.94 bits per heavy atom. The molecule has 0 spiro atoms. The number of rotatable bonds is 12. The standard InChI is InChI=1S/C48H51N5O8S/c1-30(2)43(48(59)60)53-47(58)40-27-33-17-22-36(23-18-33)61-29-42(54)49-41(28-37-14-9-25-62-37)46(57)52-39(26-32-15-20-35(21-16-32)34-12-7-4-8-13-34)45(56)50-38(44(55)51-40)24-19-31-10-5-3-6-11-31/h3-18,20-23,25,30,38-41,43H,19,24,26-29H2,1-2H3,(H,49,54)(H,50,56)(H,51,55)(H,52,57)(H,53,58)(H,59,60)/t38-,39+,40-,41-,43-/m0/s1. The highest BCUT2D eigenvalue weighted by Gasteiger charge is 2.34. The van der Waals surface area contributed by atoms with Crippen molar-refractivity contribution in [3.8, 4) is 16.9 Å². The van der Waals surface area contributed by atoms with Gasteiger partial charge in [0.2, 0.25) is 23.6 Å². The van der Waals surface area contributed by atoms with Gasteiger partial charge in [-0.05, 0) is 70.2 Å². The number of aryl methyl sites for hydroxylation is 1. The Bertz CT molecular complexity index is 2290. The molecule has 7 rings (SSSR count). The van der Waals surface area contributed by atoms with Crippen LogP contribution in [0.4, 0.5) is 0 Å². The molecule has 0 fully saturated rings. The van der Waals surface area contributed by atoms with Crippen LogP contribution < -0.4 is 31.3 Å². The Morgan fingerprint density at radius 1 is 0.694 bits per heavy atom. The quantitative estimate of drug-likeness (QED) is 0.0979. The third kappa shape index (κ3) is 12.9. The third-order valence-corrected chi connectivity index (χ3v) is 11.5. The Labute approximate surface area is 364 Å². The van der Waals surface area contributed by atoms with Crippen molar-refractivity contribution in [2.45, 2.75) is 76.2 Å². The van der Waals surface area contributed by atoms with E-state index in [1.165, 1.54) is 11.3 Å². The normalized spacial score (nSPS) is 19.3. The molecule has 5 amide bonds. The fourth-order valence-electron chi connectivity index (χ4n) is 7.11. The second-order valence-corrected chi connectivity index (χ2v) is 16.6. The largest absolute Gasteiger partial charge is 0.484 e. The van der Waals surface area contributed by atoms with E-state index in [0.717, 1.165) is 27.1 Å². The van der Waals surface area contributed by atoms with Crippen molar-refractivity contribution >= 4 is 46.8 Å². The lowest BCUT2D eigenvalue weighted by molar-refractivity contribution is -0.143. The third-order valence-electron chi connectivity index (χ3n) is 10.6.